The minimum absolute atomic E-state index is 0.601. The molecule has 0 atom stereocenters. The molecule has 0 amide bonds. The molecule has 0 aromatic carbocycles. The average Bonchev–Trinajstić information content (AvgIpc) is 2.76. The Morgan fingerprint density at radius 1 is 1.37 bits per heavy atom. The summed E-state index contributed by atoms with van der Waals surface area (Å²) in [5.41, 5.74) is 7.95. The van der Waals surface area contributed by atoms with Gasteiger partial charge >= 0.3 is 0 Å². The van der Waals surface area contributed by atoms with Crippen molar-refractivity contribution in [3.8, 4) is 0 Å². The van der Waals surface area contributed by atoms with Crippen LogP contribution in [0.1, 0.15) is 25.8 Å². The first-order valence-corrected chi connectivity index (χ1v) is 7.65. The van der Waals surface area contributed by atoms with Crippen molar-refractivity contribution in [3.63, 3.8) is 0 Å². The van der Waals surface area contributed by atoms with E-state index in [4.69, 9.17) is 5.73 Å². The second-order valence-corrected chi connectivity index (χ2v) is 6.16. The van der Waals surface area contributed by atoms with Gasteiger partial charge < -0.3 is 10.6 Å². The maximum absolute atomic E-state index is 5.65. The Morgan fingerprint density at radius 3 is 2.84 bits per heavy atom. The number of rotatable bonds is 6. The molecule has 2 aromatic heterocycles. The molecule has 5 heteroatoms. The molecule has 0 saturated carbocycles. The average molecular weight is 278 g/mol. The molecule has 2 N–H and O–H groups in total. The summed E-state index contributed by atoms with van der Waals surface area (Å²) in [4.78, 5) is 11.2. The highest BCUT2D eigenvalue weighted by atomic mass is 32.1. The predicted molar refractivity (Wildman–Crippen MR) is 82.9 cm³/mol. The van der Waals surface area contributed by atoms with Gasteiger partial charge in [0.15, 0.2) is 0 Å². The van der Waals surface area contributed by atoms with Crippen molar-refractivity contribution in [2.75, 3.05) is 24.5 Å². The lowest BCUT2D eigenvalue weighted by Gasteiger charge is -2.25. The number of nitrogens with zero attached hydrogens (tertiary/aromatic N) is 3. The zero-order chi connectivity index (χ0) is 13.8. The van der Waals surface area contributed by atoms with Crippen LogP contribution in [0.5, 0.6) is 0 Å². The Bertz CT molecular complexity index is 535. The van der Waals surface area contributed by atoms with Gasteiger partial charge in [-0.05, 0) is 36.8 Å². The summed E-state index contributed by atoms with van der Waals surface area (Å²) in [6, 6.07) is 0. The molecular weight excluding hydrogens is 256 g/mol. The highest BCUT2D eigenvalue weighted by Gasteiger charge is 2.15. The molecule has 0 bridgehead atoms. The fourth-order valence-electron chi connectivity index (χ4n) is 2.19. The van der Waals surface area contributed by atoms with Gasteiger partial charge in [0.1, 0.15) is 12.1 Å². The monoisotopic (exact) mass is 278 g/mol. The summed E-state index contributed by atoms with van der Waals surface area (Å²) in [5.74, 6) is 1.66. The van der Waals surface area contributed by atoms with Gasteiger partial charge in [0.2, 0.25) is 0 Å². The van der Waals surface area contributed by atoms with E-state index in [1.165, 1.54) is 10.3 Å². The molecule has 2 heterocycles. The molecule has 0 fully saturated rings. The Morgan fingerprint density at radius 2 is 2.16 bits per heavy atom. The normalized spacial score (nSPS) is 11.4. The van der Waals surface area contributed by atoms with Crippen LogP contribution < -0.4 is 10.6 Å². The fraction of sp³-hybridized carbons (Fsp3) is 0.571. The molecule has 0 unspecified atom stereocenters. The fourth-order valence-corrected chi connectivity index (χ4v) is 3.21. The largest absolute Gasteiger partial charge is 0.355 e. The summed E-state index contributed by atoms with van der Waals surface area (Å²) in [7, 11) is 0. The number of hydrogen-bond acceptors (Lipinski definition) is 5. The van der Waals surface area contributed by atoms with E-state index in [1.54, 1.807) is 17.7 Å². The van der Waals surface area contributed by atoms with E-state index in [1.807, 2.05) is 0 Å². The third-order valence-corrected chi connectivity index (χ3v) is 4.11. The molecule has 0 radical (unpaired) electrons. The van der Waals surface area contributed by atoms with E-state index in [9.17, 15) is 0 Å². The number of aryl methyl sites for hydroxylation is 1. The topological polar surface area (TPSA) is 55.0 Å². The lowest BCUT2D eigenvalue weighted by molar-refractivity contribution is 0.597. The molecule has 2 aromatic rings. The van der Waals surface area contributed by atoms with Gasteiger partial charge in [-0.25, -0.2) is 9.97 Å². The van der Waals surface area contributed by atoms with E-state index < -0.39 is 0 Å². The maximum Gasteiger partial charge on any atom is 0.150 e. The third-order valence-electron chi connectivity index (χ3n) is 3.03. The zero-order valence-electron chi connectivity index (χ0n) is 11.9. The van der Waals surface area contributed by atoms with E-state index >= 15 is 0 Å². The second kappa shape index (κ2) is 6.30. The number of thiophene rings is 1. The summed E-state index contributed by atoms with van der Waals surface area (Å²) in [5, 5.41) is 2.15. The predicted octanol–water partition coefficient (Wildman–Crippen LogP) is 2.81. The summed E-state index contributed by atoms with van der Waals surface area (Å²) >= 11 is 1.73. The summed E-state index contributed by atoms with van der Waals surface area (Å²) in [6.45, 7) is 9.23. The number of aromatic nitrogens is 2. The molecule has 0 aliphatic heterocycles. The number of hydrogen-bond donors (Lipinski definition) is 1. The van der Waals surface area contributed by atoms with Crippen LogP contribution in [0.2, 0.25) is 0 Å². The molecule has 0 aliphatic carbocycles. The minimum Gasteiger partial charge on any atom is -0.355 e. The summed E-state index contributed by atoms with van der Waals surface area (Å²) in [6.07, 6.45) is 2.66. The van der Waals surface area contributed by atoms with Crippen LogP contribution in [-0.2, 0) is 0 Å². The minimum atomic E-state index is 0.601. The van der Waals surface area contributed by atoms with Gasteiger partial charge in [0, 0.05) is 13.1 Å². The maximum atomic E-state index is 5.65. The van der Waals surface area contributed by atoms with Crippen molar-refractivity contribution in [1.82, 2.24) is 9.97 Å². The van der Waals surface area contributed by atoms with Crippen LogP contribution >= 0.6 is 11.3 Å². The molecule has 104 valence electrons. The first-order valence-electron chi connectivity index (χ1n) is 6.77. The van der Waals surface area contributed by atoms with Gasteiger partial charge in [-0.15, -0.1) is 11.3 Å². The van der Waals surface area contributed by atoms with E-state index in [-0.39, 0.29) is 0 Å². The van der Waals surface area contributed by atoms with E-state index in [2.05, 4.69) is 41.0 Å². The lowest BCUT2D eigenvalue weighted by atomic mass is 10.2. The Balaban J connectivity index is 2.37. The quantitative estimate of drug-likeness (QED) is 0.883. The van der Waals surface area contributed by atoms with Crippen LogP contribution in [0.4, 0.5) is 5.82 Å². The third kappa shape index (κ3) is 3.22. The smallest absolute Gasteiger partial charge is 0.150 e. The van der Waals surface area contributed by atoms with Gasteiger partial charge in [0.25, 0.3) is 0 Å². The Labute approximate surface area is 118 Å². The number of fused-ring (bicyclic) bond motifs is 1. The van der Waals surface area contributed by atoms with Crippen LogP contribution in [-0.4, -0.2) is 29.6 Å². The number of nitrogens with two attached hydrogens (primary N) is 1. The van der Waals surface area contributed by atoms with Gasteiger partial charge in [-0.3, -0.25) is 0 Å². The first-order chi connectivity index (χ1) is 9.13. The second-order valence-electron chi connectivity index (χ2n) is 5.28. The molecule has 4 nitrogen and oxygen atoms in total. The van der Waals surface area contributed by atoms with Crippen molar-refractivity contribution < 1.29 is 0 Å². The van der Waals surface area contributed by atoms with Crippen molar-refractivity contribution in [3.05, 3.63) is 17.3 Å². The Kier molecular flexibility index (Phi) is 4.71. The molecule has 0 saturated heterocycles. The number of anilines is 1. The van der Waals surface area contributed by atoms with E-state index in [0.717, 1.165) is 30.8 Å². The molecule has 2 rings (SSSR count). The highest BCUT2D eigenvalue weighted by molar-refractivity contribution is 7.18. The van der Waals surface area contributed by atoms with Crippen molar-refractivity contribution in [1.29, 1.82) is 0 Å². The SMILES string of the molecule is Cc1csc2c(N(CCCN)CC(C)C)ncnc12. The van der Waals surface area contributed by atoms with Crippen molar-refractivity contribution >= 4 is 27.4 Å². The standard InChI is InChI=1S/C14H22N4S/c1-10(2)7-18(6-4-5-15)14-13-12(16-9-17-14)11(3)8-19-13/h8-10H,4-7,15H2,1-3H3. The van der Waals surface area contributed by atoms with Crippen LogP contribution in [0.15, 0.2) is 11.7 Å². The Hall–Kier alpha value is -1.20. The van der Waals surface area contributed by atoms with Crippen molar-refractivity contribution in [2.45, 2.75) is 27.2 Å². The molecule has 19 heavy (non-hydrogen) atoms. The van der Waals surface area contributed by atoms with Crippen LogP contribution in [0.3, 0.4) is 0 Å². The van der Waals surface area contributed by atoms with Crippen molar-refractivity contribution in [2.24, 2.45) is 11.7 Å². The molecular formula is C14H22N4S. The van der Waals surface area contributed by atoms with Crippen LogP contribution in [0, 0.1) is 12.8 Å². The van der Waals surface area contributed by atoms with Crippen LogP contribution in [0.25, 0.3) is 10.2 Å². The van der Waals surface area contributed by atoms with E-state index in [0.29, 0.717) is 12.5 Å². The lowest BCUT2D eigenvalue weighted by Crippen LogP contribution is -2.30. The van der Waals surface area contributed by atoms with Gasteiger partial charge in [-0.2, -0.15) is 0 Å². The highest BCUT2D eigenvalue weighted by Crippen LogP contribution is 2.31. The first kappa shape index (κ1) is 14.2. The zero-order valence-corrected chi connectivity index (χ0v) is 12.7. The van der Waals surface area contributed by atoms with Gasteiger partial charge in [0.05, 0.1) is 10.2 Å². The summed E-state index contributed by atoms with van der Waals surface area (Å²) < 4.78 is 1.19. The molecule has 0 spiro atoms. The van der Waals surface area contributed by atoms with Gasteiger partial charge in [-0.1, -0.05) is 13.8 Å². The molecule has 0 aliphatic rings.